The van der Waals surface area contributed by atoms with E-state index < -0.39 is 6.10 Å². The van der Waals surface area contributed by atoms with E-state index >= 15 is 0 Å². The highest BCUT2D eigenvalue weighted by molar-refractivity contribution is 9.10. The summed E-state index contributed by atoms with van der Waals surface area (Å²) in [5, 5.41) is 10.3. The fourth-order valence-electron chi connectivity index (χ4n) is 2.37. The first-order chi connectivity index (χ1) is 9.15. The van der Waals surface area contributed by atoms with Gasteiger partial charge in [0, 0.05) is 13.0 Å². The number of benzene rings is 1. The highest BCUT2D eigenvalue weighted by Crippen LogP contribution is 2.36. The first-order valence-corrected chi connectivity index (χ1v) is 7.57. The van der Waals surface area contributed by atoms with Gasteiger partial charge in [0.2, 0.25) is 0 Å². The number of hydrogen-bond donors (Lipinski definition) is 1. The first-order valence-electron chi connectivity index (χ1n) is 6.77. The molecule has 106 valence electrons. The van der Waals surface area contributed by atoms with Crippen molar-refractivity contribution < 1.29 is 14.6 Å². The Morgan fingerprint density at radius 1 is 1.42 bits per heavy atom. The smallest absolute Gasteiger partial charge is 0.133 e. The number of methoxy groups -OCH3 is 1. The molecule has 1 N–H and O–H groups in total. The Kier molecular flexibility index (Phi) is 5.25. The number of aliphatic hydroxyl groups is 1. The van der Waals surface area contributed by atoms with E-state index in [0.29, 0.717) is 18.9 Å². The van der Waals surface area contributed by atoms with Crippen LogP contribution in [-0.2, 0) is 11.2 Å². The number of hydrogen-bond acceptors (Lipinski definition) is 3. The van der Waals surface area contributed by atoms with Gasteiger partial charge in [0.1, 0.15) is 5.75 Å². The Balaban J connectivity index is 2.00. The molecule has 1 aliphatic rings. The summed E-state index contributed by atoms with van der Waals surface area (Å²) in [5.41, 5.74) is 1.09. The largest absolute Gasteiger partial charge is 0.496 e. The van der Waals surface area contributed by atoms with Crippen LogP contribution in [0.25, 0.3) is 0 Å². The zero-order valence-electron chi connectivity index (χ0n) is 11.4. The normalized spacial score (nSPS) is 18.1. The molecule has 1 fully saturated rings. The van der Waals surface area contributed by atoms with Crippen LogP contribution >= 0.6 is 15.9 Å². The average molecular weight is 329 g/mol. The van der Waals surface area contributed by atoms with E-state index in [1.165, 1.54) is 12.8 Å². The number of aliphatic hydroxyl groups excluding tert-OH is 1. The van der Waals surface area contributed by atoms with Gasteiger partial charge < -0.3 is 14.6 Å². The molecule has 4 heteroatoms. The Morgan fingerprint density at radius 3 is 2.68 bits per heavy atom. The molecule has 19 heavy (non-hydrogen) atoms. The van der Waals surface area contributed by atoms with Crippen LogP contribution in [0.15, 0.2) is 22.7 Å². The van der Waals surface area contributed by atoms with Crippen LogP contribution in [0.2, 0.25) is 0 Å². The van der Waals surface area contributed by atoms with Crippen LogP contribution < -0.4 is 4.74 Å². The minimum absolute atomic E-state index is 0.0223. The minimum Gasteiger partial charge on any atom is -0.496 e. The zero-order chi connectivity index (χ0) is 13.8. The van der Waals surface area contributed by atoms with Crippen LogP contribution in [-0.4, -0.2) is 31.0 Å². The van der Waals surface area contributed by atoms with Gasteiger partial charge in [0.05, 0.1) is 23.8 Å². The van der Waals surface area contributed by atoms with Crippen LogP contribution in [0.1, 0.15) is 25.3 Å². The highest BCUT2D eigenvalue weighted by Gasteiger charge is 2.36. The lowest BCUT2D eigenvalue weighted by molar-refractivity contribution is -0.0439. The number of rotatable bonds is 7. The van der Waals surface area contributed by atoms with E-state index in [1.807, 2.05) is 25.1 Å². The van der Waals surface area contributed by atoms with Gasteiger partial charge in [-0.3, -0.25) is 0 Å². The van der Waals surface area contributed by atoms with Crippen molar-refractivity contribution in [1.29, 1.82) is 0 Å². The molecule has 1 aromatic carbocycles. The molecular weight excluding hydrogens is 308 g/mol. The highest BCUT2D eigenvalue weighted by atomic mass is 79.9. The molecule has 0 radical (unpaired) electrons. The van der Waals surface area contributed by atoms with Crippen molar-refractivity contribution in [1.82, 2.24) is 0 Å². The number of ether oxygens (including phenoxy) is 2. The van der Waals surface area contributed by atoms with Gasteiger partial charge in [-0.2, -0.15) is 0 Å². The molecule has 0 saturated heterocycles. The summed E-state index contributed by atoms with van der Waals surface area (Å²) in [7, 11) is 1.65. The van der Waals surface area contributed by atoms with Crippen molar-refractivity contribution in [2.75, 3.05) is 13.7 Å². The van der Waals surface area contributed by atoms with Crippen molar-refractivity contribution in [3.8, 4) is 5.75 Å². The summed E-state index contributed by atoms with van der Waals surface area (Å²) >= 11 is 3.47. The maximum absolute atomic E-state index is 10.3. The van der Waals surface area contributed by atoms with Crippen LogP contribution in [0.5, 0.6) is 5.75 Å². The second kappa shape index (κ2) is 6.73. The van der Waals surface area contributed by atoms with Gasteiger partial charge in [-0.25, -0.2) is 0 Å². The van der Waals surface area contributed by atoms with Gasteiger partial charge >= 0.3 is 0 Å². The third-order valence-corrected chi connectivity index (χ3v) is 4.11. The molecule has 0 aromatic heterocycles. The second-order valence-corrected chi connectivity index (χ2v) is 5.85. The monoisotopic (exact) mass is 328 g/mol. The molecule has 1 aliphatic carbocycles. The maximum atomic E-state index is 10.3. The second-order valence-electron chi connectivity index (χ2n) is 5.00. The van der Waals surface area contributed by atoms with Crippen LogP contribution in [0.3, 0.4) is 0 Å². The van der Waals surface area contributed by atoms with Crippen molar-refractivity contribution in [3.63, 3.8) is 0 Å². The molecule has 1 saturated carbocycles. The first kappa shape index (κ1) is 14.8. The minimum atomic E-state index is -0.437. The molecule has 2 rings (SSSR count). The third-order valence-electron chi connectivity index (χ3n) is 3.49. The molecule has 0 bridgehead atoms. The van der Waals surface area contributed by atoms with Crippen molar-refractivity contribution in [3.05, 3.63) is 28.2 Å². The summed E-state index contributed by atoms with van der Waals surface area (Å²) in [6.07, 6.45) is 2.50. The molecule has 2 atom stereocenters. The van der Waals surface area contributed by atoms with E-state index in [1.54, 1.807) is 7.11 Å². The third kappa shape index (κ3) is 3.94. The van der Waals surface area contributed by atoms with Crippen LogP contribution in [0, 0.1) is 5.92 Å². The molecule has 0 heterocycles. The molecule has 0 amide bonds. The van der Waals surface area contributed by atoms with Gasteiger partial charge in [0.15, 0.2) is 0 Å². The molecule has 3 nitrogen and oxygen atoms in total. The Bertz CT molecular complexity index is 418. The van der Waals surface area contributed by atoms with E-state index in [4.69, 9.17) is 9.47 Å². The predicted molar refractivity (Wildman–Crippen MR) is 78.5 cm³/mol. The lowest BCUT2D eigenvalue weighted by atomic mass is 10.0. The van der Waals surface area contributed by atoms with Crippen molar-refractivity contribution in [2.24, 2.45) is 5.92 Å². The van der Waals surface area contributed by atoms with E-state index in [2.05, 4.69) is 15.9 Å². The fourth-order valence-corrected chi connectivity index (χ4v) is 2.96. The quantitative estimate of drug-likeness (QED) is 0.835. The lowest BCUT2D eigenvalue weighted by Gasteiger charge is -2.23. The topological polar surface area (TPSA) is 38.7 Å². The Morgan fingerprint density at radius 2 is 2.16 bits per heavy atom. The molecule has 0 aliphatic heterocycles. The SMILES string of the molecule is CCOC(C(O)Cc1ccc(OC)c(Br)c1)C1CC1. The zero-order valence-corrected chi connectivity index (χ0v) is 13.0. The van der Waals surface area contributed by atoms with Gasteiger partial charge in [-0.1, -0.05) is 6.07 Å². The summed E-state index contributed by atoms with van der Waals surface area (Å²) in [6.45, 7) is 2.64. The van der Waals surface area contributed by atoms with Crippen LogP contribution in [0.4, 0.5) is 0 Å². The van der Waals surface area contributed by atoms with Gasteiger partial charge in [-0.05, 0) is 59.3 Å². The van der Waals surface area contributed by atoms with Crippen molar-refractivity contribution >= 4 is 15.9 Å². The lowest BCUT2D eigenvalue weighted by Crippen LogP contribution is -2.32. The summed E-state index contributed by atoms with van der Waals surface area (Å²) < 4.78 is 11.8. The van der Waals surface area contributed by atoms with Gasteiger partial charge in [-0.15, -0.1) is 0 Å². The van der Waals surface area contributed by atoms with E-state index in [-0.39, 0.29) is 6.10 Å². The standard InChI is InChI=1S/C15H21BrO3/c1-3-19-15(11-5-6-11)13(17)9-10-4-7-14(18-2)12(16)8-10/h4,7-8,11,13,15,17H,3,5-6,9H2,1-2H3. The Hall–Kier alpha value is -0.580. The Labute approximate surface area is 123 Å². The van der Waals surface area contributed by atoms with E-state index in [9.17, 15) is 5.11 Å². The molecule has 2 unspecified atom stereocenters. The van der Waals surface area contributed by atoms with Gasteiger partial charge in [0.25, 0.3) is 0 Å². The molecule has 0 spiro atoms. The maximum Gasteiger partial charge on any atom is 0.133 e. The molecule has 1 aromatic rings. The van der Waals surface area contributed by atoms with Crippen molar-refractivity contribution in [2.45, 2.75) is 38.4 Å². The predicted octanol–water partition coefficient (Wildman–Crippen LogP) is 3.18. The average Bonchev–Trinajstić information content (AvgIpc) is 3.20. The fraction of sp³-hybridized carbons (Fsp3) is 0.600. The van der Waals surface area contributed by atoms with E-state index in [0.717, 1.165) is 15.8 Å². The number of halogens is 1. The summed E-state index contributed by atoms with van der Waals surface area (Å²) in [4.78, 5) is 0. The molecular formula is C15H21BrO3. The summed E-state index contributed by atoms with van der Waals surface area (Å²) in [5.74, 6) is 1.35. The summed E-state index contributed by atoms with van der Waals surface area (Å²) in [6, 6.07) is 5.90.